The van der Waals surface area contributed by atoms with E-state index in [-0.39, 0.29) is 5.41 Å². The van der Waals surface area contributed by atoms with Gasteiger partial charge in [0.1, 0.15) is 0 Å². The minimum atomic E-state index is -0.336. The lowest BCUT2D eigenvalue weighted by Gasteiger charge is -2.38. The maximum absolute atomic E-state index is 9.64. The van der Waals surface area contributed by atoms with Crippen molar-refractivity contribution in [3.05, 3.63) is 30.1 Å². The number of nitrogens with zero attached hydrogens (tertiary/aromatic N) is 3. The van der Waals surface area contributed by atoms with Crippen molar-refractivity contribution < 1.29 is 0 Å². The highest BCUT2D eigenvalue weighted by atomic mass is 15.2. The van der Waals surface area contributed by atoms with Crippen molar-refractivity contribution in [2.45, 2.75) is 50.0 Å². The Balaban J connectivity index is 1.72. The van der Waals surface area contributed by atoms with Gasteiger partial charge in [-0.25, -0.2) is 0 Å². The molecular weight excluding hydrogens is 234 g/mol. The predicted octanol–water partition coefficient (Wildman–Crippen LogP) is 2.88. The van der Waals surface area contributed by atoms with Crippen LogP contribution in [0.25, 0.3) is 0 Å². The van der Waals surface area contributed by atoms with Gasteiger partial charge in [0, 0.05) is 12.2 Å². The topological polar surface area (TPSA) is 39.9 Å². The molecule has 1 aromatic rings. The molecule has 100 valence electrons. The average Bonchev–Trinajstić information content (AvgIpc) is 3.02. The van der Waals surface area contributed by atoms with Crippen molar-refractivity contribution in [1.82, 2.24) is 9.88 Å². The van der Waals surface area contributed by atoms with E-state index in [0.717, 1.165) is 31.4 Å². The van der Waals surface area contributed by atoms with E-state index in [0.29, 0.717) is 6.04 Å². The standard InChI is InChI=1S/C16H21N3/c17-13-16(15-5-1-2-10-18-15)8-6-14(7-9-16)19-11-3-4-12-19/h1-2,5,10,14H,3-4,6-9,11-12H2. The lowest BCUT2D eigenvalue weighted by molar-refractivity contribution is 0.164. The van der Waals surface area contributed by atoms with Crippen LogP contribution in [0.1, 0.15) is 44.2 Å². The van der Waals surface area contributed by atoms with Gasteiger partial charge in [0.25, 0.3) is 0 Å². The van der Waals surface area contributed by atoms with Crippen LogP contribution in [0.2, 0.25) is 0 Å². The van der Waals surface area contributed by atoms with Crippen LogP contribution in [0.4, 0.5) is 0 Å². The Hall–Kier alpha value is -1.40. The molecule has 1 aliphatic heterocycles. The summed E-state index contributed by atoms with van der Waals surface area (Å²) in [7, 11) is 0. The molecule has 1 saturated carbocycles. The van der Waals surface area contributed by atoms with Crippen molar-refractivity contribution in [3.8, 4) is 6.07 Å². The Morgan fingerprint density at radius 3 is 2.53 bits per heavy atom. The average molecular weight is 255 g/mol. The fourth-order valence-electron chi connectivity index (χ4n) is 3.64. The molecule has 1 aliphatic carbocycles. The Bertz CT molecular complexity index is 449. The Kier molecular flexibility index (Phi) is 3.52. The van der Waals surface area contributed by atoms with Crippen LogP contribution >= 0.6 is 0 Å². The number of hydrogen-bond donors (Lipinski definition) is 0. The van der Waals surface area contributed by atoms with Gasteiger partial charge < -0.3 is 4.90 Å². The summed E-state index contributed by atoms with van der Waals surface area (Å²) in [6.45, 7) is 2.52. The molecule has 3 nitrogen and oxygen atoms in total. The second-order valence-corrected chi connectivity index (χ2v) is 5.88. The summed E-state index contributed by atoms with van der Waals surface area (Å²) in [5, 5.41) is 9.64. The highest BCUT2D eigenvalue weighted by molar-refractivity contribution is 5.27. The molecule has 0 unspecified atom stereocenters. The Labute approximate surface area is 115 Å². The van der Waals surface area contributed by atoms with Crippen molar-refractivity contribution >= 4 is 0 Å². The molecule has 2 aliphatic rings. The Morgan fingerprint density at radius 2 is 1.95 bits per heavy atom. The van der Waals surface area contributed by atoms with Gasteiger partial charge in [0.05, 0.1) is 17.2 Å². The van der Waals surface area contributed by atoms with Crippen molar-refractivity contribution in [2.75, 3.05) is 13.1 Å². The molecule has 0 amide bonds. The van der Waals surface area contributed by atoms with E-state index in [1.165, 1.54) is 25.9 Å². The fraction of sp³-hybridized carbons (Fsp3) is 0.625. The smallest absolute Gasteiger partial charge is 0.0994 e. The van der Waals surface area contributed by atoms with Gasteiger partial charge >= 0.3 is 0 Å². The van der Waals surface area contributed by atoms with Gasteiger partial charge in [-0.15, -0.1) is 0 Å². The van der Waals surface area contributed by atoms with E-state index in [4.69, 9.17) is 0 Å². The summed E-state index contributed by atoms with van der Waals surface area (Å²) in [6, 6.07) is 9.19. The number of pyridine rings is 1. The second-order valence-electron chi connectivity index (χ2n) is 5.88. The van der Waals surface area contributed by atoms with Gasteiger partial charge in [-0.05, 0) is 63.7 Å². The van der Waals surface area contributed by atoms with Gasteiger partial charge in [-0.3, -0.25) is 4.98 Å². The fourth-order valence-corrected chi connectivity index (χ4v) is 3.64. The highest BCUT2D eigenvalue weighted by Crippen LogP contribution is 2.39. The van der Waals surface area contributed by atoms with Gasteiger partial charge in [0.15, 0.2) is 0 Å². The third-order valence-electron chi connectivity index (χ3n) is 4.83. The number of nitriles is 1. The molecule has 2 fully saturated rings. The summed E-state index contributed by atoms with van der Waals surface area (Å²) in [6.07, 6.45) is 8.71. The van der Waals surface area contributed by atoms with Crippen LogP contribution in [0.5, 0.6) is 0 Å². The predicted molar refractivity (Wildman–Crippen MR) is 74.6 cm³/mol. The first kappa shape index (κ1) is 12.6. The number of hydrogen-bond acceptors (Lipinski definition) is 3. The molecule has 19 heavy (non-hydrogen) atoms. The molecule has 0 radical (unpaired) electrons. The summed E-state index contributed by atoms with van der Waals surface area (Å²) in [4.78, 5) is 7.06. The molecule has 0 bridgehead atoms. The molecule has 0 N–H and O–H groups in total. The molecule has 0 aromatic carbocycles. The van der Waals surface area contributed by atoms with Crippen LogP contribution in [0.15, 0.2) is 24.4 Å². The quantitative estimate of drug-likeness (QED) is 0.815. The van der Waals surface area contributed by atoms with Gasteiger partial charge in [-0.1, -0.05) is 6.07 Å². The third kappa shape index (κ3) is 2.37. The zero-order valence-electron chi connectivity index (χ0n) is 11.4. The zero-order chi connectivity index (χ0) is 13.1. The van der Waals surface area contributed by atoms with Crippen LogP contribution in [0.3, 0.4) is 0 Å². The maximum Gasteiger partial charge on any atom is 0.0994 e. The molecule has 0 atom stereocenters. The van der Waals surface area contributed by atoms with Crippen molar-refractivity contribution in [1.29, 1.82) is 5.26 Å². The molecular formula is C16H21N3. The largest absolute Gasteiger partial charge is 0.300 e. The first-order valence-electron chi connectivity index (χ1n) is 7.41. The van der Waals surface area contributed by atoms with E-state index in [1.54, 1.807) is 6.20 Å². The molecule has 2 heterocycles. The first-order valence-corrected chi connectivity index (χ1v) is 7.41. The minimum Gasteiger partial charge on any atom is -0.300 e. The van der Waals surface area contributed by atoms with Crippen LogP contribution < -0.4 is 0 Å². The number of rotatable bonds is 2. The summed E-state index contributed by atoms with van der Waals surface area (Å²) < 4.78 is 0. The number of likely N-dealkylation sites (tertiary alicyclic amines) is 1. The van der Waals surface area contributed by atoms with Gasteiger partial charge in [-0.2, -0.15) is 5.26 Å². The summed E-state index contributed by atoms with van der Waals surface area (Å²) in [5.41, 5.74) is 0.634. The van der Waals surface area contributed by atoms with E-state index >= 15 is 0 Å². The van der Waals surface area contributed by atoms with Crippen LogP contribution in [-0.4, -0.2) is 29.0 Å². The zero-order valence-corrected chi connectivity index (χ0v) is 11.4. The molecule has 1 aromatic heterocycles. The SMILES string of the molecule is N#CC1(c2ccccn2)CCC(N2CCCC2)CC1. The second kappa shape index (κ2) is 5.30. The van der Waals surface area contributed by atoms with E-state index in [9.17, 15) is 5.26 Å². The van der Waals surface area contributed by atoms with Gasteiger partial charge in [0.2, 0.25) is 0 Å². The third-order valence-corrected chi connectivity index (χ3v) is 4.83. The normalized spacial score (nSPS) is 32.1. The monoisotopic (exact) mass is 255 g/mol. The summed E-state index contributed by atoms with van der Waals surface area (Å²) >= 11 is 0. The Morgan fingerprint density at radius 1 is 1.21 bits per heavy atom. The lowest BCUT2D eigenvalue weighted by Crippen LogP contribution is -2.41. The highest BCUT2D eigenvalue weighted by Gasteiger charge is 2.39. The minimum absolute atomic E-state index is 0.336. The van der Waals surface area contributed by atoms with Crippen molar-refractivity contribution in [2.24, 2.45) is 0 Å². The lowest BCUT2D eigenvalue weighted by atomic mass is 9.71. The molecule has 1 saturated heterocycles. The maximum atomic E-state index is 9.64. The van der Waals surface area contributed by atoms with E-state index in [2.05, 4.69) is 16.0 Å². The molecule has 3 heteroatoms. The molecule has 3 rings (SSSR count). The summed E-state index contributed by atoms with van der Waals surface area (Å²) in [5.74, 6) is 0. The number of aromatic nitrogens is 1. The van der Waals surface area contributed by atoms with E-state index in [1.807, 2.05) is 18.2 Å². The van der Waals surface area contributed by atoms with Crippen LogP contribution in [-0.2, 0) is 5.41 Å². The van der Waals surface area contributed by atoms with Crippen molar-refractivity contribution in [3.63, 3.8) is 0 Å². The van der Waals surface area contributed by atoms with Crippen LogP contribution in [0, 0.1) is 11.3 Å². The van der Waals surface area contributed by atoms with E-state index < -0.39 is 0 Å². The first-order chi connectivity index (χ1) is 9.34. The molecule has 0 spiro atoms.